The van der Waals surface area contributed by atoms with Crippen molar-refractivity contribution in [2.45, 2.75) is 25.8 Å². The van der Waals surface area contributed by atoms with Crippen molar-refractivity contribution in [1.29, 1.82) is 0 Å². The Morgan fingerprint density at radius 1 is 1.10 bits per heavy atom. The highest BCUT2D eigenvalue weighted by atomic mass is 19.4. The summed E-state index contributed by atoms with van der Waals surface area (Å²) in [6, 6.07) is 6.70. The number of nitrogens with one attached hydrogen (secondary N) is 2. The molecule has 6 nitrogen and oxygen atoms in total. The quantitative estimate of drug-likeness (QED) is 0.623. The van der Waals surface area contributed by atoms with Crippen LogP contribution >= 0.6 is 0 Å². The van der Waals surface area contributed by atoms with E-state index in [2.05, 4.69) is 15.5 Å². The van der Waals surface area contributed by atoms with Crippen LogP contribution in [0.25, 0.3) is 0 Å². The molecule has 29 heavy (non-hydrogen) atoms. The molecule has 2 aromatic heterocycles. The summed E-state index contributed by atoms with van der Waals surface area (Å²) in [5, 5.41) is 11.4. The van der Waals surface area contributed by atoms with Crippen molar-refractivity contribution < 1.29 is 31.1 Å². The average molecular weight is 417 g/mol. The van der Waals surface area contributed by atoms with Gasteiger partial charge in [0.15, 0.2) is 11.5 Å². The van der Waals surface area contributed by atoms with Crippen molar-refractivity contribution in [2.24, 2.45) is 0 Å². The Hall–Kier alpha value is -3.31. The van der Waals surface area contributed by atoms with Crippen LogP contribution in [0.1, 0.15) is 33.0 Å². The van der Waals surface area contributed by atoms with Gasteiger partial charge in [-0.1, -0.05) is 12.1 Å². The molecule has 2 heterocycles. The Morgan fingerprint density at radius 2 is 1.83 bits per heavy atom. The number of nitrogens with zero attached hydrogens (tertiary/aromatic N) is 3. The Balaban J connectivity index is 1.74. The van der Waals surface area contributed by atoms with Gasteiger partial charge in [0.2, 0.25) is 0 Å². The summed E-state index contributed by atoms with van der Waals surface area (Å²) in [5.41, 5.74) is -1.59. The molecule has 0 aliphatic carbocycles. The number of hydrogen-bond acceptors (Lipinski definition) is 3. The van der Waals surface area contributed by atoms with Crippen LogP contribution < -0.4 is 5.32 Å². The maximum absolute atomic E-state index is 12.8. The lowest BCUT2D eigenvalue weighted by molar-refractivity contribution is -0.141. The summed E-state index contributed by atoms with van der Waals surface area (Å²) in [6.07, 6.45) is -9.15. The second-order valence-electron chi connectivity index (χ2n) is 6.15. The third-order valence-corrected chi connectivity index (χ3v) is 3.93. The van der Waals surface area contributed by atoms with Crippen LogP contribution in [0.3, 0.4) is 0 Å². The first kappa shape index (κ1) is 20.4. The fourth-order valence-electron chi connectivity index (χ4n) is 2.51. The van der Waals surface area contributed by atoms with E-state index in [1.807, 2.05) is 0 Å². The smallest absolute Gasteiger partial charge is 0.304 e. The first-order chi connectivity index (χ1) is 13.4. The second-order valence-corrected chi connectivity index (χ2v) is 6.15. The molecule has 154 valence electrons. The third kappa shape index (κ3) is 4.76. The fraction of sp³-hybridized carbons (Fsp3) is 0.235. The van der Waals surface area contributed by atoms with Crippen molar-refractivity contribution in [3.05, 3.63) is 64.6 Å². The normalized spacial score (nSPS) is 12.2. The number of carbonyl (C=O) groups is 1. The number of halogens is 6. The van der Waals surface area contributed by atoms with Gasteiger partial charge in [-0.15, -0.1) is 0 Å². The molecule has 0 fully saturated rings. The second kappa shape index (κ2) is 7.26. The van der Waals surface area contributed by atoms with Crippen LogP contribution in [0.2, 0.25) is 0 Å². The lowest BCUT2D eigenvalue weighted by atomic mass is 10.1. The fourth-order valence-corrected chi connectivity index (χ4v) is 2.51. The van der Waals surface area contributed by atoms with Gasteiger partial charge in [0.25, 0.3) is 5.91 Å². The first-order valence-electron chi connectivity index (χ1n) is 8.08. The predicted molar refractivity (Wildman–Crippen MR) is 89.1 cm³/mol. The minimum absolute atomic E-state index is 0.00620. The lowest BCUT2D eigenvalue weighted by Gasteiger charge is -2.09. The van der Waals surface area contributed by atoms with Gasteiger partial charge in [0.05, 0.1) is 12.1 Å². The summed E-state index contributed by atoms with van der Waals surface area (Å²) in [6.45, 7) is 1.62. The van der Waals surface area contributed by atoms with E-state index in [4.69, 9.17) is 0 Å². The third-order valence-electron chi connectivity index (χ3n) is 3.93. The van der Waals surface area contributed by atoms with Gasteiger partial charge < -0.3 is 5.32 Å². The number of aryl methyl sites for hydroxylation is 1. The highest BCUT2D eigenvalue weighted by Crippen LogP contribution is 2.30. The van der Waals surface area contributed by atoms with Crippen molar-refractivity contribution in [1.82, 2.24) is 20.0 Å². The number of benzene rings is 1. The monoisotopic (exact) mass is 417 g/mol. The molecule has 0 aliphatic rings. The largest absolute Gasteiger partial charge is 0.432 e. The minimum Gasteiger partial charge on any atom is -0.304 e. The Morgan fingerprint density at radius 3 is 2.45 bits per heavy atom. The number of amides is 1. The van der Waals surface area contributed by atoms with Crippen molar-refractivity contribution in [3.8, 4) is 0 Å². The molecule has 1 amide bonds. The number of alkyl halides is 6. The van der Waals surface area contributed by atoms with E-state index in [0.29, 0.717) is 17.3 Å². The van der Waals surface area contributed by atoms with E-state index in [-0.39, 0.29) is 12.4 Å². The van der Waals surface area contributed by atoms with Gasteiger partial charge in [-0.05, 0) is 24.6 Å². The van der Waals surface area contributed by atoms with E-state index < -0.39 is 35.2 Å². The molecule has 2 N–H and O–H groups in total. The number of hydrogen-bond donors (Lipinski definition) is 2. The summed E-state index contributed by atoms with van der Waals surface area (Å²) in [4.78, 5) is 12.1. The lowest BCUT2D eigenvalue weighted by Crippen LogP contribution is -2.13. The van der Waals surface area contributed by atoms with Crippen LogP contribution in [-0.4, -0.2) is 25.9 Å². The van der Waals surface area contributed by atoms with Gasteiger partial charge in [0, 0.05) is 17.8 Å². The molecule has 0 spiro atoms. The van der Waals surface area contributed by atoms with Crippen LogP contribution in [0.4, 0.5) is 32.2 Å². The number of aromatic amines is 1. The molecular formula is C17H13F6N5O. The van der Waals surface area contributed by atoms with Gasteiger partial charge in [0.1, 0.15) is 5.69 Å². The molecule has 0 saturated heterocycles. The molecule has 0 saturated carbocycles. The Bertz CT molecular complexity index is 1030. The molecule has 0 radical (unpaired) electrons. The maximum atomic E-state index is 12.8. The molecule has 0 aliphatic heterocycles. The predicted octanol–water partition coefficient (Wildman–Crippen LogP) is 4.25. The van der Waals surface area contributed by atoms with Gasteiger partial charge in [-0.2, -0.15) is 36.5 Å². The van der Waals surface area contributed by atoms with Gasteiger partial charge >= 0.3 is 12.4 Å². The molecule has 3 rings (SSSR count). The number of anilines is 1. The SMILES string of the molecule is Cc1cc(NC(=O)c2cc(C(F)(F)F)[nH]n2)nn1Cc1cccc(C(F)(F)F)c1. The average Bonchev–Trinajstić information content (AvgIpc) is 3.22. The summed E-state index contributed by atoms with van der Waals surface area (Å²) >= 11 is 0. The standard InChI is InChI=1S/C17H13F6N5O/c1-9-5-14(24-15(29)12-7-13(26-25-12)17(21,22)23)27-28(9)8-10-3-2-4-11(6-10)16(18,19)20/h2-7H,8H2,1H3,(H,25,26)(H,24,27,29). The molecule has 0 bridgehead atoms. The number of H-pyrrole nitrogens is 1. The Labute approximate surface area is 159 Å². The minimum atomic E-state index is -4.67. The molecule has 0 atom stereocenters. The molecule has 0 unspecified atom stereocenters. The van der Waals surface area contributed by atoms with Gasteiger partial charge in [-0.3, -0.25) is 14.6 Å². The zero-order valence-corrected chi connectivity index (χ0v) is 14.7. The van der Waals surface area contributed by atoms with Crippen LogP contribution in [0, 0.1) is 6.92 Å². The number of rotatable bonds is 4. The van der Waals surface area contributed by atoms with E-state index in [1.54, 1.807) is 12.0 Å². The van der Waals surface area contributed by atoms with Gasteiger partial charge in [-0.25, -0.2) is 0 Å². The van der Waals surface area contributed by atoms with E-state index in [0.717, 1.165) is 12.1 Å². The summed E-state index contributed by atoms with van der Waals surface area (Å²) in [5.74, 6) is -0.892. The molecule has 12 heteroatoms. The highest BCUT2D eigenvalue weighted by molar-refractivity contribution is 6.02. The van der Waals surface area contributed by atoms with E-state index in [9.17, 15) is 31.1 Å². The molecule has 1 aromatic carbocycles. The number of carbonyl (C=O) groups excluding carboxylic acids is 1. The Kier molecular flexibility index (Phi) is 5.11. The van der Waals surface area contributed by atoms with Crippen molar-refractivity contribution in [2.75, 3.05) is 5.32 Å². The van der Waals surface area contributed by atoms with Crippen molar-refractivity contribution >= 4 is 11.7 Å². The van der Waals surface area contributed by atoms with Crippen molar-refractivity contribution in [3.63, 3.8) is 0 Å². The first-order valence-corrected chi connectivity index (χ1v) is 8.08. The number of aromatic nitrogens is 4. The zero-order chi connectivity index (χ0) is 21.4. The highest BCUT2D eigenvalue weighted by Gasteiger charge is 2.34. The zero-order valence-electron chi connectivity index (χ0n) is 14.7. The van der Waals surface area contributed by atoms with E-state index >= 15 is 0 Å². The molecular weight excluding hydrogens is 404 g/mol. The molecule has 3 aromatic rings. The van der Waals surface area contributed by atoms with E-state index in [1.165, 1.54) is 22.9 Å². The topological polar surface area (TPSA) is 75.6 Å². The van der Waals surface area contributed by atoms with Crippen LogP contribution in [-0.2, 0) is 18.9 Å². The summed E-state index contributed by atoms with van der Waals surface area (Å²) in [7, 11) is 0. The maximum Gasteiger partial charge on any atom is 0.432 e. The summed E-state index contributed by atoms with van der Waals surface area (Å²) < 4.78 is 77.5. The van der Waals surface area contributed by atoms with Crippen LogP contribution in [0.15, 0.2) is 36.4 Å². The van der Waals surface area contributed by atoms with Crippen LogP contribution in [0.5, 0.6) is 0 Å².